The molecule has 158 valence electrons. The van der Waals surface area contributed by atoms with Crippen LogP contribution < -0.4 is 0 Å². The van der Waals surface area contributed by atoms with Crippen LogP contribution in [0.1, 0.15) is 26.3 Å². The Labute approximate surface area is 188 Å². The molecule has 7 nitrogen and oxygen atoms in total. The van der Waals surface area contributed by atoms with E-state index >= 15 is 0 Å². The molecule has 6 rings (SSSR count). The molecule has 0 fully saturated rings. The van der Waals surface area contributed by atoms with Crippen LogP contribution in [0.15, 0.2) is 89.5 Å². The predicted molar refractivity (Wildman–Crippen MR) is 121 cm³/mol. The first kappa shape index (κ1) is 19.1. The van der Waals surface area contributed by atoms with Gasteiger partial charge in [-0.05, 0) is 42.0 Å². The number of imide groups is 1. The lowest BCUT2D eigenvalue weighted by molar-refractivity contribution is 0.0642. The molecule has 2 amide bonds. The van der Waals surface area contributed by atoms with Gasteiger partial charge in [-0.1, -0.05) is 42.5 Å². The number of amides is 2. The highest BCUT2D eigenvalue weighted by atomic mass is 16.4. The van der Waals surface area contributed by atoms with Crippen molar-refractivity contribution in [3.8, 4) is 22.9 Å². The van der Waals surface area contributed by atoms with Crippen LogP contribution in [0.25, 0.3) is 33.8 Å². The summed E-state index contributed by atoms with van der Waals surface area (Å²) in [6.07, 6.45) is 1.73. The minimum atomic E-state index is -0.287. The first-order chi connectivity index (χ1) is 16.2. The summed E-state index contributed by atoms with van der Waals surface area (Å²) in [5, 5.41) is 9.42. The molecule has 0 atom stereocenters. The molecule has 0 unspecified atom stereocenters. The van der Waals surface area contributed by atoms with E-state index in [2.05, 4.69) is 15.2 Å². The number of aromatic nitrogens is 3. The number of para-hydroxylation sites is 1. The highest BCUT2D eigenvalue weighted by molar-refractivity contribution is 6.21. The number of benzene rings is 3. The van der Waals surface area contributed by atoms with Gasteiger partial charge in [-0.2, -0.15) is 0 Å². The van der Waals surface area contributed by atoms with E-state index in [0.717, 1.165) is 22.0 Å². The minimum absolute atomic E-state index is 0.161. The lowest BCUT2D eigenvalue weighted by Gasteiger charge is -2.14. The second-order valence-electron chi connectivity index (χ2n) is 7.74. The van der Waals surface area contributed by atoms with Crippen molar-refractivity contribution in [3.63, 3.8) is 0 Å². The molecule has 1 aliphatic heterocycles. The summed E-state index contributed by atoms with van der Waals surface area (Å²) in [6.45, 7) is 0.161. The van der Waals surface area contributed by atoms with Crippen LogP contribution in [0, 0.1) is 0 Å². The molecule has 3 heterocycles. The molecule has 0 saturated heterocycles. The summed E-state index contributed by atoms with van der Waals surface area (Å²) >= 11 is 0. The van der Waals surface area contributed by atoms with Crippen LogP contribution in [0.2, 0.25) is 0 Å². The van der Waals surface area contributed by atoms with Gasteiger partial charge in [-0.3, -0.25) is 19.5 Å². The fourth-order valence-corrected chi connectivity index (χ4v) is 4.09. The van der Waals surface area contributed by atoms with E-state index in [9.17, 15) is 9.59 Å². The van der Waals surface area contributed by atoms with Gasteiger partial charge in [-0.15, -0.1) is 10.2 Å². The summed E-state index contributed by atoms with van der Waals surface area (Å²) in [7, 11) is 0. The van der Waals surface area contributed by atoms with Crippen LogP contribution in [0.3, 0.4) is 0 Å². The van der Waals surface area contributed by atoms with Crippen molar-refractivity contribution in [1.82, 2.24) is 20.1 Å². The lowest BCUT2D eigenvalue weighted by Crippen LogP contribution is -2.29. The van der Waals surface area contributed by atoms with Gasteiger partial charge >= 0.3 is 0 Å². The van der Waals surface area contributed by atoms with Gasteiger partial charge in [0.05, 0.1) is 28.8 Å². The number of rotatable bonds is 4. The van der Waals surface area contributed by atoms with Gasteiger partial charge in [-0.25, -0.2) is 0 Å². The van der Waals surface area contributed by atoms with Crippen LogP contribution in [-0.4, -0.2) is 31.9 Å². The molecular formula is C26H16N4O3. The van der Waals surface area contributed by atoms with E-state index < -0.39 is 0 Å². The Morgan fingerprint density at radius 3 is 2.24 bits per heavy atom. The standard InChI is InChI=1S/C26H16N4O3/c31-25-19-10-1-2-11-20(19)26(32)30(25)15-16-6-3-8-18(14-16)23-28-29-24(33-23)21-12-4-7-17-9-5-13-27-22(17)21/h1-14H,15H2. The maximum Gasteiger partial charge on any atom is 0.261 e. The Morgan fingerprint density at radius 1 is 0.727 bits per heavy atom. The van der Waals surface area contributed by atoms with Crippen molar-refractivity contribution in [2.45, 2.75) is 6.54 Å². The van der Waals surface area contributed by atoms with E-state index in [1.165, 1.54) is 4.90 Å². The van der Waals surface area contributed by atoms with Gasteiger partial charge in [0, 0.05) is 17.1 Å². The molecule has 0 N–H and O–H groups in total. The summed E-state index contributed by atoms with van der Waals surface area (Å²) < 4.78 is 5.97. The molecule has 0 bridgehead atoms. The SMILES string of the molecule is O=C1c2ccccc2C(=O)N1Cc1cccc(-c2nnc(-c3cccc4cccnc34)o2)c1. The normalized spacial score (nSPS) is 13.0. The van der Waals surface area contributed by atoms with Gasteiger partial charge in [0.25, 0.3) is 11.8 Å². The average molecular weight is 432 g/mol. The molecule has 3 aromatic carbocycles. The fourth-order valence-electron chi connectivity index (χ4n) is 4.09. The number of pyridine rings is 1. The van der Waals surface area contributed by atoms with Crippen LogP contribution in [-0.2, 0) is 6.54 Å². The molecule has 5 aromatic rings. The van der Waals surface area contributed by atoms with Crippen molar-refractivity contribution in [3.05, 3.63) is 102 Å². The summed E-state index contributed by atoms with van der Waals surface area (Å²) in [4.78, 5) is 31.1. The average Bonchev–Trinajstić information content (AvgIpc) is 3.44. The van der Waals surface area contributed by atoms with Gasteiger partial charge in [0.2, 0.25) is 11.8 Å². The third kappa shape index (κ3) is 3.18. The summed E-state index contributed by atoms with van der Waals surface area (Å²) in [5.41, 5.74) is 3.90. The third-order valence-corrected chi connectivity index (χ3v) is 5.68. The molecule has 0 saturated carbocycles. The van der Waals surface area contributed by atoms with Crippen molar-refractivity contribution < 1.29 is 14.0 Å². The van der Waals surface area contributed by atoms with Crippen molar-refractivity contribution in [1.29, 1.82) is 0 Å². The maximum absolute atomic E-state index is 12.7. The van der Waals surface area contributed by atoms with E-state index in [-0.39, 0.29) is 18.4 Å². The first-order valence-electron chi connectivity index (χ1n) is 10.4. The number of nitrogens with zero attached hydrogens (tertiary/aromatic N) is 4. The Bertz CT molecular complexity index is 1520. The predicted octanol–water partition coefficient (Wildman–Crippen LogP) is 4.75. The largest absolute Gasteiger partial charge is 0.416 e. The van der Waals surface area contributed by atoms with Gasteiger partial charge in [0.1, 0.15) is 0 Å². The quantitative estimate of drug-likeness (QED) is 0.381. The number of hydrogen-bond donors (Lipinski definition) is 0. The Hall–Kier alpha value is -4.65. The molecule has 2 aromatic heterocycles. The summed E-state index contributed by atoms with van der Waals surface area (Å²) in [5.74, 6) is 0.149. The second-order valence-corrected chi connectivity index (χ2v) is 7.74. The highest BCUT2D eigenvalue weighted by Crippen LogP contribution is 2.30. The number of carbonyl (C=O) groups excluding carboxylic acids is 2. The smallest absolute Gasteiger partial charge is 0.261 e. The Balaban J connectivity index is 1.30. The minimum Gasteiger partial charge on any atom is -0.416 e. The zero-order valence-corrected chi connectivity index (χ0v) is 17.3. The van der Waals surface area contributed by atoms with Crippen molar-refractivity contribution >= 4 is 22.7 Å². The lowest BCUT2D eigenvalue weighted by atomic mass is 10.1. The Morgan fingerprint density at radius 2 is 1.42 bits per heavy atom. The third-order valence-electron chi connectivity index (χ3n) is 5.68. The van der Waals surface area contributed by atoms with Crippen LogP contribution in [0.5, 0.6) is 0 Å². The first-order valence-corrected chi connectivity index (χ1v) is 10.4. The monoisotopic (exact) mass is 432 g/mol. The van der Waals surface area contributed by atoms with Crippen LogP contribution in [0.4, 0.5) is 0 Å². The molecule has 0 aliphatic carbocycles. The highest BCUT2D eigenvalue weighted by Gasteiger charge is 2.35. The van der Waals surface area contributed by atoms with E-state index in [1.807, 2.05) is 54.6 Å². The number of hydrogen-bond acceptors (Lipinski definition) is 6. The second kappa shape index (κ2) is 7.49. The molecule has 0 radical (unpaired) electrons. The molecule has 0 spiro atoms. The van der Waals surface area contributed by atoms with Gasteiger partial charge in [0.15, 0.2) is 0 Å². The maximum atomic E-state index is 12.7. The van der Waals surface area contributed by atoms with E-state index in [0.29, 0.717) is 28.5 Å². The van der Waals surface area contributed by atoms with E-state index in [4.69, 9.17) is 4.42 Å². The van der Waals surface area contributed by atoms with E-state index in [1.54, 1.807) is 30.5 Å². The Kier molecular flexibility index (Phi) is 4.33. The zero-order chi connectivity index (χ0) is 22.4. The van der Waals surface area contributed by atoms with Crippen molar-refractivity contribution in [2.24, 2.45) is 0 Å². The zero-order valence-electron chi connectivity index (χ0n) is 17.3. The molecule has 1 aliphatic rings. The fraction of sp³-hybridized carbons (Fsp3) is 0.0385. The molecule has 7 heteroatoms. The van der Waals surface area contributed by atoms with Gasteiger partial charge < -0.3 is 4.42 Å². The molecular weight excluding hydrogens is 416 g/mol. The number of fused-ring (bicyclic) bond motifs is 2. The van der Waals surface area contributed by atoms with Crippen LogP contribution >= 0.6 is 0 Å². The number of carbonyl (C=O) groups is 2. The van der Waals surface area contributed by atoms with Crippen molar-refractivity contribution in [2.75, 3.05) is 0 Å². The summed E-state index contributed by atoms with van der Waals surface area (Å²) in [6, 6.07) is 23.9. The molecule has 33 heavy (non-hydrogen) atoms. The topological polar surface area (TPSA) is 89.2 Å².